The molecule has 0 saturated heterocycles. The van der Waals surface area contributed by atoms with Crippen molar-refractivity contribution < 1.29 is 0 Å². The second-order valence-electron chi connectivity index (χ2n) is 4.71. The Bertz CT molecular complexity index is 544. The van der Waals surface area contributed by atoms with Gasteiger partial charge in [0, 0.05) is 27.7 Å². The predicted octanol–water partition coefficient (Wildman–Crippen LogP) is 3.81. The van der Waals surface area contributed by atoms with Gasteiger partial charge in [0.25, 0.3) is 0 Å². The fraction of sp³-hybridized carbons (Fsp3) is 0.429. The molecule has 90 valence electrons. The van der Waals surface area contributed by atoms with Crippen LogP contribution >= 0.6 is 11.6 Å². The van der Waals surface area contributed by atoms with Crippen LogP contribution in [0.15, 0.2) is 18.2 Å². The third-order valence-corrected chi connectivity index (χ3v) is 3.85. The molecule has 1 aliphatic rings. The van der Waals surface area contributed by atoms with Crippen LogP contribution in [0.25, 0.3) is 10.9 Å². The number of nitrogens with one attached hydrogen (secondary N) is 2. The lowest BCUT2D eigenvalue weighted by molar-refractivity contribution is 0.465. The number of halogens is 1. The molecule has 3 heteroatoms. The van der Waals surface area contributed by atoms with Gasteiger partial charge in [-0.1, -0.05) is 18.5 Å². The Kier molecular flexibility index (Phi) is 2.85. The van der Waals surface area contributed by atoms with Gasteiger partial charge in [-0.25, -0.2) is 0 Å². The minimum atomic E-state index is 0.481. The minimum absolute atomic E-state index is 0.481. The van der Waals surface area contributed by atoms with Gasteiger partial charge in [-0.3, -0.25) is 0 Å². The summed E-state index contributed by atoms with van der Waals surface area (Å²) in [5.74, 6) is 0. The van der Waals surface area contributed by atoms with Gasteiger partial charge >= 0.3 is 0 Å². The lowest BCUT2D eigenvalue weighted by atomic mass is 9.92. The van der Waals surface area contributed by atoms with E-state index in [0.717, 1.165) is 18.0 Å². The molecule has 2 N–H and O–H groups in total. The summed E-state index contributed by atoms with van der Waals surface area (Å²) in [5, 5.41) is 5.68. The fourth-order valence-corrected chi connectivity index (χ4v) is 3.06. The topological polar surface area (TPSA) is 27.8 Å². The quantitative estimate of drug-likeness (QED) is 0.831. The van der Waals surface area contributed by atoms with E-state index in [4.69, 9.17) is 11.6 Å². The summed E-state index contributed by atoms with van der Waals surface area (Å²) in [7, 11) is 0. The first-order valence-corrected chi connectivity index (χ1v) is 6.70. The highest BCUT2D eigenvalue weighted by Crippen LogP contribution is 2.35. The van der Waals surface area contributed by atoms with Crippen molar-refractivity contribution in [2.45, 2.75) is 32.2 Å². The third kappa shape index (κ3) is 1.85. The van der Waals surface area contributed by atoms with E-state index in [0.29, 0.717) is 6.04 Å². The van der Waals surface area contributed by atoms with E-state index >= 15 is 0 Å². The van der Waals surface area contributed by atoms with Gasteiger partial charge < -0.3 is 10.3 Å². The minimum Gasteiger partial charge on any atom is -0.357 e. The molecule has 3 rings (SSSR count). The lowest BCUT2D eigenvalue weighted by Gasteiger charge is -2.23. The molecule has 0 spiro atoms. The summed E-state index contributed by atoms with van der Waals surface area (Å²) >= 11 is 6.09. The van der Waals surface area contributed by atoms with Crippen LogP contribution < -0.4 is 5.32 Å². The molecule has 0 radical (unpaired) electrons. The van der Waals surface area contributed by atoms with Crippen molar-refractivity contribution in [2.75, 3.05) is 6.54 Å². The standard InChI is InChI=1S/C14H17ClN2/c1-2-16-13-5-3-4-10-11-8-9(15)6-7-12(11)17-14(10)13/h6-8,13,16-17H,2-5H2,1H3. The van der Waals surface area contributed by atoms with Gasteiger partial charge in [-0.05, 0) is 49.6 Å². The van der Waals surface area contributed by atoms with Crippen molar-refractivity contribution in [3.8, 4) is 0 Å². The van der Waals surface area contributed by atoms with E-state index in [-0.39, 0.29) is 0 Å². The first kappa shape index (κ1) is 11.1. The molecule has 0 fully saturated rings. The maximum atomic E-state index is 6.09. The SMILES string of the molecule is CCNC1CCCc2c1[nH]c1ccc(Cl)cc21. The number of aromatic amines is 1. The molecule has 1 aliphatic carbocycles. The number of aromatic nitrogens is 1. The Morgan fingerprint density at radius 1 is 1.47 bits per heavy atom. The normalized spacial score (nSPS) is 19.5. The van der Waals surface area contributed by atoms with Crippen LogP contribution in [-0.4, -0.2) is 11.5 Å². The third-order valence-electron chi connectivity index (χ3n) is 3.62. The van der Waals surface area contributed by atoms with Crippen LogP contribution in [0.3, 0.4) is 0 Å². The second kappa shape index (κ2) is 4.35. The van der Waals surface area contributed by atoms with Crippen molar-refractivity contribution in [1.82, 2.24) is 10.3 Å². The number of H-pyrrole nitrogens is 1. The summed E-state index contributed by atoms with van der Waals surface area (Å²) in [6.07, 6.45) is 3.64. The Hall–Kier alpha value is -0.990. The maximum Gasteiger partial charge on any atom is 0.0476 e. The number of hydrogen-bond acceptors (Lipinski definition) is 1. The molecule has 0 aliphatic heterocycles. The van der Waals surface area contributed by atoms with Crippen molar-refractivity contribution in [1.29, 1.82) is 0 Å². The number of rotatable bonds is 2. The second-order valence-corrected chi connectivity index (χ2v) is 5.15. The van der Waals surface area contributed by atoms with Crippen molar-refractivity contribution in [2.24, 2.45) is 0 Å². The predicted molar refractivity (Wildman–Crippen MR) is 72.7 cm³/mol. The van der Waals surface area contributed by atoms with E-state index in [2.05, 4.69) is 29.4 Å². The maximum absolute atomic E-state index is 6.09. The molecule has 17 heavy (non-hydrogen) atoms. The van der Waals surface area contributed by atoms with Crippen LogP contribution in [0.2, 0.25) is 5.02 Å². The zero-order chi connectivity index (χ0) is 11.8. The van der Waals surface area contributed by atoms with Crippen LogP contribution in [0.1, 0.15) is 37.1 Å². The molecule has 0 amide bonds. The Morgan fingerprint density at radius 3 is 3.18 bits per heavy atom. The van der Waals surface area contributed by atoms with Gasteiger partial charge in [0.1, 0.15) is 0 Å². The molecular formula is C14H17ClN2. The van der Waals surface area contributed by atoms with E-state index < -0.39 is 0 Å². The summed E-state index contributed by atoms with van der Waals surface area (Å²) in [5.41, 5.74) is 4.04. The number of hydrogen-bond donors (Lipinski definition) is 2. The Balaban J connectivity index is 2.15. The zero-order valence-corrected chi connectivity index (χ0v) is 10.8. The van der Waals surface area contributed by atoms with Crippen LogP contribution in [0, 0.1) is 0 Å². The van der Waals surface area contributed by atoms with Gasteiger partial charge in [0.05, 0.1) is 0 Å². The highest BCUT2D eigenvalue weighted by atomic mass is 35.5. The lowest BCUT2D eigenvalue weighted by Crippen LogP contribution is -2.24. The molecule has 2 nitrogen and oxygen atoms in total. The average molecular weight is 249 g/mol. The molecule has 1 unspecified atom stereocenters. The molecule has 0 saturated carbocycles. The number of fused-ring (bicyclic) bond motifs is 3. The van der Waals surface area contributed by atoms with Crippen molar-refractivity contribution in [3.63, 3.8) is 0 Å². The highest BCUT2D eigenvalue weighted by Gasteiger charge is 2.23. The summed E-state index contributed by atoms with van der Waals surface area (Å²) in [6, 6.07) is 6.60. The zero-order valence-electron chi connectivity index (χ0n) is 10.0. The van der Waals surface area contributed by atoms with Gasteiger partial charge in [-0.2, -0.15) is 0 Å². The molecular weight excluding hydrogens is 232 g/mol. The molecule has 1 aromatic carbocycles. The fourth-order valence-electron chi connectivity index (χ4n) is 2.89. The molecule has 1 aromatic heterocycles. The molecule has 0 bridgehead atoms. The van der Waals surface area contributed by atoms with E-state index in [9.17, 15) is 0 Å². The van der Waals surface area contributed by atoms with Gasteiger partial charge in [0.2, 0.25) is 0 Å². The van der Waals surface area contributed by atoms with E-state index in [1.54, 1.807) is 0 Å². The summed E-state index contributed by atoms with van der Waals surface area (Å²) in [4.78, 5) is 3.56. The molecule has 1 heterocycles. The molecule has 1 atom stereocenters. The van der Waals surface area contributed by atoms with Crippen LogP contribution in [-0.2, 0) is 6.42 Å². The Morgan fingerprint density at radius 2 is 2.35 bits per heavy atom. The van der Waals surface area contributed by atoms with Crippen molar-refractivity contribution in [3.05, 3.63) is 34.5 Å². The largest absolute Gasteiger partial charge is 0.357 e. The number of benzene rings is 1. The summed E-state index contributed by atoms with van der Waals surface area (Å²) in [6.45, 7) is 3.17. The Labute approximate surface area is 106 Å². The van der Waals surface area contributed by atoms with E-state index in [1.165, 1.54) is 35.0 Å². The smallest absolute Gasteiger partial charge is 0.0476 e. The summed E-state index contributed by atoms with van der Waals surface area (Å²) < 4.78 is 0. The monoisotopic (exact) mass is 248 g/mol. The average Bonchev–Trinajstić information content (AvgIpc) is 2.69. The van der Waals surface area contributed by atoms with Crippen molar-refractivity contribution >= 4 is 22.5 Å². The van der Waals surface area contributed by atoms with Gasteiger partial charge in [0.15, 0.2) is 0 Å². The van der Waals surface area contributed by atoms with E-state index in [1.807, 2.05) is 6.07 Å². The highest BCUT2D eigenvalue weighted by molar-refractivity contribution is 6.31. The first-order chi connectivity index (χ1) is 8.29. The first-order valence-electron chi connectivity index (χ1n) is 6.33. The molecule has 2 aromatic rings. The van der Waals surface area contributed by atoms with Crippen LogP contribution in [0.5, 0.6) is 0 Å². The van der Waals surface area contributed by atoms with Crippen LogP contribution in [0.4, 0.5) is 0 Å². The number of aryl methyl sites for hydroxylation is 1. The van der Waals surface area contributed by atoms with Gasteiger partial charge in [-0.15, -0.1) is 0 Å².